The van der Waals surface area contributed by atoms with Crippen molar-refractivity contribution in [2.45, 2.75) is 33.4 Å². The van der Waals surface area contributed by atoms with Gasteiger partial charge in [0.1, 0.15) is 0 Å². The number of imidazole rings is 1. The van der Waals surface area contributed by atoms with Crippen molar-refractivity contribution in [3.63, 3.8) is 0 Å². The van der Waals surface area contributed by atoms with Gasteiger partial charge in [-0.2, -0.15) is 0 Å². The molecule has 2 aromatic carbocycles. The molecule has 0 saturated carbocycles. The lowest BCUT2D eigenvalue weighted by molar-refractivity contribution is 0.488. The first-order valence-corrected chi connectivity index (χ1v) is 10.3. The largest absolute Gasteiger partial charge is 0.337 e. The van der Waals surface area contributed by atoms with E-state index in [-0.39, 0.29) is 17.5 Å². The van der Waals surface area contributed by atoms with Gasteiger partial charge in [0.25, 0.3) is 5.56 Å². The Kier molecular flexibility index (Phi) is 5.35. The third-order valence-electron chi connectivity index (χ3n) is 5.17. The molecule has 0 aliphatic carbocycles. The average molecular weight is 423 g/mol. The van der Waals surface area contributed by atoms with Gasteiger partial charge < -0.3 is 4.57 Å². The van der Waals surface area contributed by atoms with Crippen molar-refractivity contribution in [3.05, 3.63) is 92.3 Å². The second kappa shape index (κ2) is 7.95. The molecule has 1 atom stereocenters. The number of rotatable bonds is 5. The van der Waals surface area contributed by atoms with Gasteiger partial charge in [0, 0.05) is 11.6 Å². The monoisotopic (exact) mass is 422 g/mol. The Hall–Kier alpha value is -3.12. The lowest BCUT2D eigenvalue weighted by Gasteiger charge is -2.17. The molecule has 6 nitrogen and oxygen atoms in total. The maximum Gasteiger partial charge on any atom is 0.337 e. The van der Waals surface area contributed by atoms with Crippen molar-refractivity contribution in [1.82, 2.24) is 18.7 Å². The number of hydrogen-bond acceptors (Lipinski definition) is 3. The van der Waals surface area contributed by atoms with Gasteiger partial charge in [-0.3, -0.25) is 9.36 Å². The van der Waals surface area contributed by atoms with Gasteiger partial charge in [-0.05, 0) is 36.6 Å². The number of benzene rings is 2. The summed E-state index contributed by atoms with van der Waals surface area (Å²) in [5.74, 6) is 0.128. The molecule has 154 valence electrons. The normalized spacial score (nSPS) is 12.6. The molecule has 2 aromatic heterocycles. The van der Waals surface area contributed by atoms with E-state index in [9.17, 15) is 9.59 Å². The molecule has 0 saturated heterocycles. The van der Waals surface area contributed by atoms with Crippen LogP contribution in [0.2, 0.25) is 5.02 Å². The minimum atomic E-state index is -0.416. The summed E-state index contributed by atoms with van der Waals surface area (Å²) in [6.45, 7) is 6.28. The highest BCUT2D eigenvalue weighted by molar-refractivity contribution is 6.30. The molecule has 0 aliphatic rings. The maximum absolute atomic E-state index is 13.4. The predicted octanol–water partition coefficient (Wildman–Crippen LogP) is 4.27. The van der Waals surface area contributed by atoms with Crippen molar-refractivity contribution >= 4 is 22.8 Å². The zero-order valence-corrected chi connectivity index (χ0v) is 17.9. The molecule has 0 aliphatic heterocycles. The molecule has 0 bridgehead atoms. The Morgan fingerprint density at radius 2 is 1.73 bits per heavy atom. The fraction of sp³-hybridized carbons (Fsp3) is 0.261. The minimum Gasteiger partial charge on any atom is -0.317 e. The summed E-state index contributed by atoms with van der Waals surface area (Å²) in [5, 5.41) is 0.506. The summed E-state index contributed by atoms with van der Waals surface area (Å²) in [7, 11) is 0. The molecular formula is C23H23ClN4O2. The second-order valence-corrected chi connectivity index (χ2v) is 8.25. The third kappa shape index (κ3) is 3.48. The van der Waals surface area contributed by atoms with E-state index in [0.717, 1.165) is 5.56 Å². The average Bonchev–Trinajstić information content (AvgIpc) is 3.16. The Morgan fingerprint density at radius 3 is 2.40 bits per heavy atom. The van der Waals surface area contributed by atoms with Crippen LogP contribution < -0.4 is 11.2 Å². The first kappa shape index (κ1) is 20.2. The highest BCUT2D eigenvalue weighted by Crippen LogP contribution is 2.23. The van der Waals surface area contributed by atoms with Gasteiger partial charge in [-0.25, -0.2) is 14.3 Å². The molecule has 0 fully saturated rings. The van der Waals surface area contributed by atoms with Crippen molar-refractivity contribution in [1.29, 1.82) is 0 Å². The van der Waals surface area contributed by atoms with E-state index < -0.39 is 5.69 Å². The SMILES string of the molecule is CC(C)Cn1c(=O)c2c(ncn2C(C)c2ccccc2)n(-c2cccc(Cl)c2)c1=O. The van der Waals surface area contributed by atoms with E-state index in [1.165, 1.54) is 9.13 Å². The summed E-state index contributed by atoms with van der Waals surface area (Å²) < 4.78 is 4.60. The Bertz CT molecular complexity index is 1320. The van der Waals surface area contributed by atoms with E-state index >= 15 is 0 Å². The zero-order valence-electron chi connectivity index (χ0n) is 17.1. The van der Waals surface area contributed by atoms with E-state index in [2.05, 4.69) is 4.98 Å². The van der Waals surface area contributed by atoms with Gasteiger partial charge in [0.15, 0.2) is 11.2 Å². The molecule has 0 radical (unpaired) electrons. The van der Waals surface area contributed by atoms with Crippen LogP contribution in [0, 0.1) is 5.92 Å². The molecule has 30 heavy (non-hydrogen) atoms. The number of fused-ring (bicyclic) bond motifs is 1. The molecule has 0 amide bonds. The smallest absolute Gasteiger partial charge is 0.317 e. The van der Waals surface area contributed by atoms with Gasteiger partial charge in [-0.1, -0.05) is 61.8 Å². The van der Waals surface area contributed by atoms with Gasteiger partial charge in [0.2, 0.25) is 0 Å². The van der Waals surface area contributed by atoms with Crippen molar-refractivity contribution in [2.75, 3.05) is 0 Å². The molecular weight excluding hydrogens is 400 g/mol. The van der Waals surface area contributed by atoms with Crippen LogP contribution in [0.25, 0.3) is 16.9 Å². The standard InChI is InChI=1S/C23H23ClN4O2/c1-15(2)13-26-22(29)20-21(28(23(26)30)19-11-7-10-18(24)12-19)25-14-27(20)16(3)17-8-5-4-6-9-17/h4-12,14-16H,13H2,1-3H3. The highest BCUT2D eigenvalue weighted by atomic mass is 35.5. The Balaban J connectivity index is 2.06. The summed E-state index contributed by atoms with van der Waals surface area (Å²) in [4.78, 5) is 31.2. The van der Waals surface area contributed by atoms with E-state index in [4.69, 9.17) is 11.6 Å². The summed E-state index contributed by atoms with van der Waals surface area (Å²) in [6, 6.07) is 16.8. The fourth-order valence-electron chi connectivity index (χ4n) is 3.71. The molecule has 1 unspecified atom stereocenters. The van der Waals surface area contributed by atoms with Crippen LogP contribution in [0.5, 0.6) is 0 Å². The summed E-state index contributed by atoms with van der Waals surface area (Å²) in [5.41, 5.74) is 1.60. The van der Waals surface area contributed by atoms with E-state index in [0.29, 0.717) is 28.4 Å². The van der Waals surface area contributed by atoms with Crippen LogP contribution >= 0.6 is 11.6 Å². The molecule has 0 N–H and O–H groups in total. The fourth-order valence-corrected chi connectivity index (χ4v) is 3.89. The van der Waals surface area contributed by atoms with E-state index in [1.54, 1.807) is 30.6 Å². The first-order chi connectivity index (χ1) is 14.4. The van der Waals surface area contributed by atoms with Crippen molar-refractivity contribution < 1.29 is 0 Å². The third-order valence-corrected chi connectivity index (χ3v) is 5.40. The van der Waals surface area contributed by atoms with Crippen LogP contribution in [0.3, 0.4) is 0 Å². The van der Waals surface area contributed by atoms with Crippen LogP contribution in [0.1, 0.15) is 32.4 Å². The zero-order chi connectivity index (χ0) is 21.4. The highest BCUT2D eigenvalue weighted by Gasteiger charge is 2.22. The summed E-state index contributed by atoms with van der Waals surface area (Å²) >= 11 is 6.18. The number of nitrogens with zero attached hydrogens (tertiary/aromatic N) is 4. The van der Waals surface area contributed by atoms with Crippen LogP contribution in [-0.4, -0.2) is 18.7 Å². The predicted molar refractivity (Wildman–Crippen MR) is 120 cm³/mol. The molecule has 7 heteroatoms. The van der Waals surface area contributed by atoms with Crippen molar-refractivity contribution in [2.24, 2.45) is 5.92 Å². The second-order valence-electron chi connectivity index (χ2n) is 7.82. The minimum absolute atomic E-state index is 0.123. The molecule has 0 spiro atoms. The first-order valence-electron chi connectivity index (χ1n) is 9.91. The Labute approximate surface area is 179 Å². The topological polar surface area (TPSA) is 61.8 Å². The van der Waals surface area contributed by atoms with Gasteiger partial charge in [-0.15, -0.1) is 0 Å². The maximum atomic E-state index is 13.4. The van der Waals surface area contributed by atoms with Gasteiger partial charge >= 0.3 is 5.69 Å². The number of aromatic nitrogens is 4. The number of hydrogen-bond donors (Lipinski definition) is 0. The van der Waals surface area contributed by atoms with Crippen LogP contribution in [0.15, 0.2) is 70.5 Å². The number of halogens is 1. The lowest BCUT2D eigenvalue weighted by Crippen LogP contribution is -2.41. The van der Waals surface area contributed by atoms with Crippen LogP contribution in [0.4, 0.5) is 0 Å². The Morgan fingerprint density at radius 1 is 1.00 bits per heavy atom. The van der Waals surface area contributed by atoms with Crippen LogP contribution in [-0.2, 0) is 6.54 Å². The van der Waals surface area contributed by atoms with Crippen molar-refractivity contribution in [3.8, 4) is 5.69 Å². The van der Waals surface area contributed by atoms with E-state index in [1.807, 2.05) is 55.7 Å². The quantitative estimate of drug-likeness (QED) is 0.482. The lowest BCUT2D eigenvalue weighted by atomic mass is 10.1. The summed E-state index contributed by atoms with van der Waals surface area (Å²) in [6.07, 6.45) is 1.63. The van der Waals surface area contributed by atoms with Gasteiger partial charge in [0.05, 0.1) is 18.1 Å². The molecule has 4 aromatic rings. The molecule has 2 heterocycles. The molecule has 4 rings (SSSR count).